The molecule has 0 radical (unpaired) electrons. The average molecular weight is 434 g/mol. The molecule has 0 unspecified atom stereocenters. The second-order valence-electron chi connectivity index (χ2n) is 8.37. The second-order valence-corrected chi connectivity index (χ2v) is 8.37. The van der Waals surface area contributed by atoms with Gasteiger partial charge in [0.2, 0.25) is 0 Å². The minimum atomic E-state index is -0.105. The Bertz CT molecular complexity index is 1130. The molecule has 1 aromatic carbocycles. The smallest absolute Gasteiger partial charge is 0.270 e. The maximum Gasteiger partial charge on any atom is 0.270 e. The number of carbonyl (C=O) groups is 1. The number of carbonyl (C=O) groups excluding carboxylic acids is 1. The molecule has 0 saturated carbocycles. The van der Waals surface area contributed by atoms with Crippen molar-refractivity contribution < 1.29 is 4.79 Å². The summed E-state index contributed by atoms with van der Waals surface area (Å²) in [5, 5.41) is 5.18. The molecule has 8 nitrogen and oxygen atoms in total. The highest BCUT2D eigenvalue weighted by Crippen LogP contribution is 2.17. The number of aromatic nitrogens is 2. The topological polar surface area (TPSA) is 77.3 Å². The van der Waals surface area contributed by atoms with Crippen LogP contribution in [0.5, 0.6) is 0 Å². The number of nitrogens with one attached hydrogen (secondary N) is 2. The number of likely N-dealkylation sites (N-methyl/N-ethyl adjacent to an activating group) is 1. The van der Waals surface area contributed by atoms with Crippen molar-refractivity contribution in [2.75, 3.05) is 38.7 Å². The predicted octanol–water partition coefficient (Wildman–Crippen LogP) is 2.42. The average Bonchev–Trinajstić information content (AvgIpc) is 3.15. The molecular formula is C24H31N7O. The quantitative estimate of drug-likeness (QED) is 0.598. The van der Waals surface area contributed by atoms with E-state index in [1.807, 2.05) is 62.8 Å². The molecule has 0 spiro atoms. The Kier molecular flexibility index (Phi) is 6.41. The molecule has 4 rings (SSSR count). The number of hydrogen-bond donors (Lipinski definition) is 2. The van der Waals surface area contributed by atoms with Crippen molar-refractivity contribution >= 4 is 23.1 Å². The molecular weight excluding hydrogens is 402 g/mol. The number of fused-ring (bicyclic) bond motifs is 1. The van der Waals surface area contributed by atoms with Crippen LogP contribution in [0.4, 0.5) is 5.69 Å². The number of pyridine rings is 1. The Labute approximate surface area is 188 Å². The van der Waals surface area contributed by atoms with Crippen LogP contribution in [0.3, 0.4) is 0 Å². The minimum Gasteiger partial charge on any atom is -0.347 e. The van der Waals surface area contributed by atoms with E-state index in [1.54, 1.807) is 0 Å². The zero-order chi connectivity index (χ0) is 22.7. The maximum atomic E-state index is 13.0. The van der Waals surface area contributed by atoms with Gasteiger partial charge in [0.15, 0.2) is 0 Å². The molecule has 3 heterocycles. The number of amidine groups is 1. The molecule has 0 fully saturated rings. The highest BCUT2D eigenvalue weighted by atomic mass is 16.1. The fraction of sp³-hybridized carbons (Fsp3) is 0.375. The summed E-state index contributed by atoms with van der Waals surface area (Å²) >= 11 is 0. The van der Waals surface area contributed by atoms with Crippen LogP contribution in [0.1, 0.15) is 34.2 Å². The summed E-state index contributed by atoms with van der Waals surface area (Å²) in [4.78, 5) is 24.3. The fourth-order valence-corrected chi connectivity index (χ4v) is 3.86. The Balaban J connectivity index is 1.42. The van der Waals surface area contributed by atoms with Crippen LogP contribution in [0, 0.1) is 6.92 Å². The molecule has 168 valence electrons. The number of aliphatic imine (C=N–C) groups is 1. The van der Waals surface area contributed by atoms with Gasteiger partial charge in [0.25, 0.3) is 5.91 Å². The van der Waals surface area contributed by atoms with E-state index in [2.05, 4.69) is 42.8 Å². The van der Waals surface area contributed by atoms with E-state index >= 15 is 0 Å². The third-order valence-corrected chi connectivity index (χ3v) is 5.45. The molecule has 1 amide bonds. The highest BCUT2D eigenvalue weighted by molar-refractivity contribution is 5.94. The Morgan fingerprint density at radius 2 is 1.97 bits per heavy atom. The van der Waals surface area contributed by atoms with Gasteiger partial charge in [-0.2, -0.15) is 0 Å². The van der Waals surface area contributed by atoms with Crippen molar-refractivity contribution in [3.05, 3.63) is 65.1 Å². The van der Waals surface area contributed by atoms with Crippen LogP contribution >= 0.6 is 0 Å². The lowest BCUT2D eigenvalue weighted by molar-refractivity contribution is 0.0944. The molecule has 8 heteroatoms. The first kappa shape index (κ1) is 21.8. The first-order chi connectivity index (χ1) is 15.4. The summed E-state index contributed by atoms with van der Waals surface area (Å²) in [6.07, 6.45) is 2.67. The number of amides is 1. The van der Waals surface area contributed by atoms with E-state index in [4.69, 9.17) is 0 Å². The number of hydrazine groups is 1. The first-order valence-corrected chi connectivity index (χ1v) is 11.0. The third kappa shape index (κ3) is 4.75. The van der Waals surface area contributed by atoms with Gasteiger partial charge in [-0.1, -0.05) is 25.1 Å². The van der Waals surface area contributed by atoms with Gasteiger partial charge in [-0.25, -0.2) is 4.98 Å². The second kappa shape index (κ2) is 9.40. The lowest BCUT2D eigenvalue weighted by Crippen LogP contribution is -2.50. The van der Waals surface area contributed by atoms with Crippen LogP contribution in [0.2, 0.25) is 0 Å². The predicted molar refractivity (Wildman–Crippen MR) is 128 cm³/mol. The van der Waals surface area contributed by atoms with E-state index in [-0.39, 0.29) is 5.91 Å². The Morgan fingerprint density at radius 1 is 1.19 bits per heavy atom. The summed E-state index contributed by atoms with van der Waals surface area (Å²) < 4.78 is 1.89. The van der Waals surface area contributed by atoms with Crippen molar-refractivity contribution in [1.29, 1.82) is 0 Å². The molecule has 3 aromatic rings. The van der Waals surface area contributed by atoms with Gasteiger partial charge >= 0.3 is 0 Å². The van der Waals surface area contributed by atoms with Crippen LogP contribution in [0.25, 0.3) is 5.65 Å². The van der Waals surface area contributed by atoms with Crippen LogP contribution in [0.15, 0.2) is 47.6 Å². The molecule has 0 aliphatic carbocycles. The Morgan fingerprint density at radius 3 is 2.69 bits per heavy atom. The lowest BCUT2D eigenvalue weighted by atomic mass is 10.2. The van der Waals surface area contributed by atoms with Crippen molar-refractivity contribution in [3.8, 4) is 0 Å². The zero-order valence-corrected chi connectivity index (χ0v) is 19.2. The maximum absolute atomic E-state index is 13.0. The van der Waals surface area contributed by atoms with Crippen molar-refractivity contribution in [3.63, 3.8) is 0 Å². The number of hydrogen-bond acceptors (Lipinski definition) is 6. The van der Waals surface area contributed by atoms with E-state index < -0.39 is 0 Å². The van der Waals surface area contributed by atoms with E-state index in [0.29, 0.717) is 18.7 Å². The van der Waals surface area contributed by atoms with Gasteiger partial charge in [0.05, 0.1) is 31.0 Å². The summed E-state index contributed by atoms with van der Waals surface area (Å²) in [7, 11) is 4.06. The van der Waals surface area contributed by atoms with Crippen LogP contribution in [-0.4, -0.2) is 59.8 Å². The van der Waals surface area contributed by atoms with Gasteiger partial charge in [-0.3, -0.25) is 24.6 Å². The van der Waals surface area contributed by atoms with Crippen LogP contribution in [-0.2, 0) is 13.0 Å². The van der Waals surface area contributed by atoms with Crippen LogP contribution < -0.4 is 15.8 Å². The molecule has 1 aliphatic rings. The number of nitrogens with zero attached hydrogens (tertiary/aromatic N) is 5. The van der Waals surface area contributed by atoms with Crippen molar-refractivity contribution in [1.82, 2.24) is 25.0 Å². The number of anilines is 1. The normalized spacial score (nSPS) is 13.9. The first-order valence-electron chi connectivity index (χ1n) is 11.0. The van der Waals surface area contributed by atoms with E-state index in [1.165, 1.54) is 0 Å². The number of benzene rings is 1. The van der Waals surface area contributed by atoms with E-state index in [0.717, 1.165) is 53.6 Å². The van der Waals surface area contributed by atoms with Gasteiger partial charge < -0.3 is 10.2 Å². The fourth-order valence-electron chi connectivity index (χ4n) is 3.86. The molecule has 2 aromatic heterocycles. The molecule has 1 aliphatic heterocycles. The van der Waals surface area contributed by atoms with Gasteiger partial charge in [0, 0.05) is 12.7 Å². The minimum absolute atomic E-state index is 0.105. The third-order valence-electron chi connectivity index (χ3n) is 5.45. The largest absolute Gasteiger partial charge is 0.347 e. The van der Waals surface area contributed by atoms with Crippen molar-refractivity contribution in [2.45, 2.75) is 26.8 Å². The summed E-state index contributed by atoms with van der Waals surface area (Å²) in [6, 6.07) is 12.2. The standard InChI is InChI=1S/C24H31N7O/c1-5-20-23(30-15-17(2)6-11-22(30)27-20)24(32)26-14-18-7-9-19(10-8-18)31-13-12-25-21(28-31)16-29(3)4/h6-11,15H,5,12-14,16H2,1-4H3,(H,25,28)(H,26,32). The zero-order valence-electron chi connectivity index (χ0n) is 19.2. The Hall–Kier alpha value is -3.39. The SMILES string of the molecule is CCc1nc2ccc(C)cn2c1C(=O)NCc1ccc(N2CCN=C(CN(C)C)N2)cc1. The van der Waals surface area contributed by atoms with E-state index in [9.17, 15) is 4.79 Å². The number of imidazole rings is 1. The summed E-state index contributed by atoms with van der Waals surface area (Å²) in [5.74, 6) is 0.860. The number of aryl methyl sites for hydroxylation is 2. The molecule has 2 N–H and O–H groups in total. The molecule has 0 atom stereocenters. The van der Waals surface area contributed by atoms with Gasteiger partial charge in [-0.05, 0) is 56.8 Å². The molecule has 32 heavy (non-hydrogen) atoms. The summed E-state index contributed by atoms with van der Waals surface area (Å²) in [5.41, 5.74) is 8.83. The summed E-state index contributed by atoms with van der Waals surface area (Å²) in [6.45, 7) is 6.87. The highest BCUT2D eigenvalue weighted by Gasteiger charge is 2.18. The lowest BCUT2D eigenvalue weighted by Gasteiger charge is -2.31. The van der Waals surface area contributed by atoms with Crippen molar-refractivity contribution in [2.24, 2.45) is 4.99 Å². The van der Waals surface area contributed by atoms with Gasteiger partial charge in [-0.15, -0.1) is 0 Å². The monoisotopic (exact) mass is 433 g/mol. The number of rotatable bonds is 7. The molecule has 0 bridgehead atoms. The van der Waals surface area contributed by atoms with Gasteiger partial charge in [0.1, 0.15) is 17.2 Å². The molecule has 0 saturated heterocycles.